The van der Waals surface area contributed by atoms with E-state index in [4.69, 9.17) is 0 Å². The zero-order valence-electron chi connectivity index (χ0n) is 12.7. The van der Waals surface area contributed by atoms with Gasteiger partial charge in [0.15, 0.2) is 0 Å². The number of alkyl halides is 1. The summed E-state index contributed by atoms with van der Waals surface area (Å²) in [4.78, 5) is 4.02. The van der Waals surface area contributed by atoms with E-state index in [1.807, 2.05) is 9.80 Å². The van der Waals surface area contributed by atoms with E-state index in [2.05, 4.69) is 13.8 Å². The average molecular weight is 295 g/mol. The molecule has 0 N–H and O–H groups in total. The van der Waals surface area contributed by atoms with Crippen LogP contribution in [0.15, 0.2) is 0 Å². The number of rotatable bonds is 10. The van der Waals surface area contributed by atoms with Gasteiger partial charge in [0.1, 0.15) is 0 Å². The van der Waals surface area contributed by atoms with Crippen molar-refractivity contribution in [3.05, 3.63) is 0 Å². The first-order chi connectivity index (χ1) is 8.79. The maximum atomic E-state index is 14.1. The van der Waals surface area contributed by atoms with Gasteiger partial charge in [-0.15, -0.1) is 12.4 Å². The maximum Gasteiger partial charge on any atom is 0.210 e. The van der Waals surface area contributed by atoms with Crippen molar-refractivity contribution in [2.24, 2.45) is 0 Å². The van der Waals surface area contributed by atoms with Crippen molar-refractivity contribution in [1.29, 1.82) is 0 Å². The Labute approximate surface area is 125 Å². The molecule has 0 aromatic rings. The summed E-state index contributed by atoms with van der Waals surface area (Å²) in [5, 5.41) is 0. The first-order valence-electron chi connectivity index (χ1n) is 7.91. The third kappa shape index (κ3) is 7.48. The van der Waals surface area contributed by atoms with E-state index in [9.17, 15) is 4.39 Å². The minimum Gasteiger partial charge on any atom is -0.260 e. The molecule has 2 nitrogen and oxygen atoms in total. The van der Waals surface area contributed by atoms with E-state index in [1.54, 1.807) is 0 Å². The Bertz CT molecular complexity index is 185. The van der Waals surface area contributed by atoms with Crippen LogP contribution >= 0.6 is 12.4 Å². The second-order valence-corrected chi connectivity index (χ2v) is 5.50. The minimum atomic E-state index is -0.812. The molecular weight excluding hydrogens is 263 g/mol. The lowest BCUT2D eigenvalue weighted by Crippen LogP contribution is -2.36. The van der Waals surface area contributed by atoms with E-state index in [0.717, 1.165) is 39.0 Å². The molecule has 0 bridgehead atoms. The monoisotopic (exact) mass is 294 g/mol. The van der Waals surface area contributed by atoms with Crippen LogP contribution in [0.4, 0.5) is 4.39 Å². The van der Waals surface area contributed by atoms with Gasteiger partial charge < -0.3 is 0 Å². The van der Waals surface area contributed by atoms with Gasteiger partial charge in [0, 0.05) is 26.2 Å². The summed E-state index contributed by atoms with van der Waals surface area (Å²) in [5.74, 6) is 0. The van der Waals surface area contributed by atoms with E-state index in [0.29, 0.717) is 0 Å². The topological polar surface area (TPSA) is 6.48 Å². The van der Waals surface area contributed by atoms with Gasteiger partial charge in [-0.05, 0) is 12.8 Å². The molecule has 1 saturated heterocycles. The van der Waals surface area contributed by atoms with Gasteiger partial charge in [0.2, 0.25) is 6.42 Å². The molecule has 1 fully saturated rings. The summed E-state index contributed by atoms with van der Waals surface area (Å²) in [6, 6.07) is 0. The van der Waals surface area contributed by atoms with Gasteiger partial charge in [0.05, 0.1) is 0 Å². The Morgan fingerprint density at radius 2 is 1.21 bits per heavy atom. The highest BCUT2D eigenvalue weighted by Gasteiger charge is 2.30. The Morgan fingerprint density at radius 3 is 1.58 bits per heavy atom. The van der Waals surface area contributed by atoms with E-state index in [1.165, 1.54) is 38.5 Å². The van der Waals surface area contributed by atoms with Crippen LogP contribution in [0.2, 0.25) is 0 Å². The lowest BCUT2D eigenvalue weighted by atomic mass is 10.2. The van der Waals surface area contributed by atoms with Crippen LogP contribution in [0.3, 0.4) is 0 Å². The highest BCUT2D eigenvalue weighted by atomic mass is 35.5. The zero-order valence-corrected chi connectivity index (χ0v) is 13.6. The predicted octanol–water partition coefficient (Wildman–Crippen LogP) is 4.44. The molecular formula is C15H32ClFN2. The van der Waals surface area contributed by atoms with E-state index >= 15 is 0 Å². The van der Waals surface area contributed by atoms with Gasteiger partial charge in [-0.1, -0.05) is 52.4 Å². The molecule has 1 heterocycles. The van der Waals surface area contributed by atoms with Crippen molar-refractivity contribution in [3.8, 4) is 0 Å². The summed E-state index contributed by atoms with van der Waals surface area (Å²) in [7, 11) is 0. The highest BCUT2D eigenvalue weighted by molar-refractivity contribution is 5.85. The van der Waals surface area contributed by atoms with E-state index in [-0.39, 0.29) is 12.4 Å². The molecule has 116 valence electrons. The third-order valence-electron chi connectivity index (χ3n) is 3.87. The van der Waals surface area contributed by atoms with Gasteiger partial charge in [0.25, 0.3) is 0 Å². The molecule has 0 saturated carbocycles. The molecule has 0 aromatic heterocycles. The Hall–Kier alpha value is 0.140. The molecule has 1 rings (SSSR count). The fourth-order valence-electron chi connectivity index (χ4n) is 2.62. The molecule has 1 aliphatic rings. The number of nitrogens with zero attached hydrogens (tertiary/aromatic N) is 2. The Kier molecular flexibility index (Phi) is 12.0. The van der Waals surface area contributed by atoms with Crippen molar-refractivity contribution in [3.63, 3.8) is 0 Å². The maximum absolute atomic E-state index is 14.1. The largest absolute Gasteiger partial charge is 0.260 e. The molecule has 0 amide bonds. The molecule has 4 heteroatoms. The quantitative estimate of drug-likeness (QED) is 0.434. The SMILES string of the molecule is CCCCCCN1CCN(CCCCCC)C1F.Cl. The van der Waals surface area contributed by atoms with Crippen LogP contribution in [0, 0.1) is 0 Å². The zero-order chi connectivity index (χ0) is 13.2. The molecule has 1 aliphatic heterocycles. The van der Waals surface area contributed by atoms with E-state index < -0.39 is 6.42 Å². The summed E-state index contributed by atoms with van der Waals surface area (Å²) in [6.07, 6.45) is 9.05. The standard InChI is InChI=1S/C15H31FN2.ClH/c1-3-5-7-9-11-17-13-14-18(15(17)16)12-10-8-6-4-2;/h15H,3-14H2,1-2H3;1H. The molecule has 19 heavy (non-hydrogen) atoms. The van der Waals surface area contributed by atoms with Gasteiger partial charge >= 0.3 is 0 Å². The van der Waals surface area contributed by atoms with Crippen molar-refractivity contribution < 1.29 is 4.39 Å². The molecule has 0 unspecified atom stereocenters. The highest BCUT2D eigenvalue weighted by Crippen LogP contribution is 2.18. The smallest absolute Gasteiger partial charge is 0.210 e. The minimum absolute atomic E-state index is 0. The fourth-order valence-corrected chi connectivity index (χ4v) is 2.62. The van der Waals surface area contributed by atoms with Crippen LogP contribution in [-0.4, -0.2) is 42.4 Å². The molecule has 0 spiro atoms. The van der Waals surface area contributed by atoms with Crippen LogP contribution < -0.4 is 0 Å². The molecule has 0 aliphatic carbocycles. The van der Waals surface area contributed by atoms with Crippen LogP contribution in [-0.2, 0) is 0 Å². The third-order valence-corrected chi connectivity index (χ3v) is 3.87. The fraction of sp³-hybridized carbons (Fsp3) is 1.00. The van der Waals surface area contributed by atoms with Crippen molar-refractivity contribution in [1.82, 2.24) is 9.80 Å². The molecule has 0 radical (unpaired) electrons. The first-order valence-corrected chi connectivity index (χ1v) is 7.91. The first kappa shape index (κ1) is 19.1. The number of unbranched alkanes of at least 4 members (excludes halogenated alkanes) is 6. The number of hydrogen-bond donors (Lipinski definition) is 0. The number of hydrogen-bond acceptors (Lipinski definition) is 2. The van der Waals surface area contributed by atoms with Crippen molar-refractivity contribution in [2.45, 2.75) is 71.6 Å². The normalized spacial score (nSPS) is 17.8. The lowest BCUT2D eigenvalue weighted by molar-refractivity contribution is 0.0155. The Balaban J connectivity index is 0.00000324. The lowest BCUT2D eigenvalue weighted by Gasteiger charge is -2.23. The van der Waals surface area contributed by atoms with Crippen molar-refractivity contribution in [2.75, 3.05) is 26.2 Å². The van der Waals surface area contributed by atoms with Crippen LogP contribution in [0.5, 0.6) is 0 Å². The summed E-state index contributed by atoms with van der Waals surface area (Å²) in [6.45, 7) is 8.14. The summed E-state index contributed by atoms with van der Waals surface area (Å²) in [5.41, 5.74) is 0. The second-order valence-electron chi connectivity index (χ2n) is 5.50. The van der Waals surface area contributed by atoms with Crippen LogP contribution in [0.25, 0.3) is 0 Å². The summed E-state index contributed by atoms with van der Waals surface area (Å²) >= 11 is 0. The Morgan fingerprint density at radius 1 is 0.789 bits per heavy atom. The van der Waals surface area contributed by atoms with Gasteiger partial charge in [-0.2, -0.15) is 0 Å². The second kappa shape index (κ2) is 11.9. The van der Waals surface area contributed by atoms with Gasteiger partial charge in [-0.25, -0.2) is 4.39 Å². The summed E-state index contributed by atoms with van der Waals surface area (Å²) < 4.78 is 14.1. The molecule has 0 aromatic carbocycles. The predicted molar refractivity (Wildman–Crippen MR) is 83.6 cm³/mol. The molecule has 0 atom stereocenters. The van der Waals surface area contributed by atoms with Crippen molar-refractivity contribution >= 4 is 12.4 Å². The average Bonchev–Trinajstić information content (AvgIpc) is 2.72. The van der Waals surface area contributed by atoms with Gasteiger partial charge in [-0.3, -0.25) is 9.80 Å². The number of halogens is 2. The van der Waals surface area contributed by atoms with Crippen LogP contribution in [0.1, 0.15) is 65.2 Å².